The fourth-order valence-corrected chi connectivity index (χ4v) is 2.29. The number of ether oxygens (including phenoxy) is 1. The summed E-state index contributed by atoms with van der Waals surface area (Å²) in [4.78, 5) is 13.6. The van der Waals surface area contributed by atoms with Gasteiger partial charge in [0.2, 0.25) is 0 Å². The molecule has 0 fully saturated rings. The number of rotatable bonds is 1. The molecule has 1 aliphatic rings. The highest BCUT2D eigenvalue weighted by Crippen LogP contribution is 2.40. The standard InChI is InChI=1S/C13H11NO2/c1-14-10-6-7-11(16-2)8-4-3-5-9(12(8)10)13(14)15/h3-7H,1-2H3. The second-order valence-electron chi connectivity index (χ2n) is 3.88. The molecule has 0 bridgehead atoms. The van der Waals surface area contributed by atoms with Crippen LogP contribution in [0.4, 0.5) is 5.69 Å². The van der Waals surface area contributed by atoms with E-state index in [1.807, 2.05) is 30.3 Å². The van der Waals surface area contributed by atoms with Crippen molar-refractivity contribution in [3.8, 4) is 5.75 Å². The second-order valence-corrected chi connectivity index (χ2v) is 3.88. The zero-order chi connectivity index (χ0) is 11.3. The maximum atomic E-state index is 12.0. The van der Waals surface area contributed by atoms with Crippen LogP contribution in [-0.2, 0) is 0 Å². The molecule has 1 aliphatic heterocycles. The SMILES string of the molecule is COc1ccc2c3c(cccc13)C(=O)N2C. The van der Waals surface area contributed by atoms with Gasteiger partial charge in [-0.1, -0.05) is 12.1 Å². The lowest BCUT2D eigenvalue weighted by Crippen LogP contribution is -2.20. The molecule has 0 radical (unpaired) electrons. The van der Waals surface area contributed by atoms with Crippen LogP contribution in [0.1, 0.15) is 10.4 Å². The van der Waals surface area contributed by atoms with Gasteiger partial charge in [0.15, 0.2) is 0 Å². The van der Waals surface area contributed by atoms with Crippen LogP contribution >= 0.6 is 0 Å². The van der Waals surface area contributed by atoms with Gasteiger partial charge in [-0.05, 0) is 18.2 Å². The Morgan fingerprint density at radius 3 is 2.75 bits per heavy atom. The molecule has 2 aromatic rings. The first-order valence-electron chi connectivity index (χ1n) is 5.12. The molecular formula is C13H11NO2. The van der Waals surface area contributed by atoms with Crippen LogP contribution < -0.4 is 9.64 Å². The minimum atomic E-state index is 0.0499. The number of methoxy groups -OCH3 is 1. The van der Waals surface area contributed by atoms with Crippen molar-refractivity contribution < 1.29 is 9.53 Å². The van der Waals surface area contributed by atoms with Crippen molar-refractivity contribution in [3.63, 3.8) is 0 Å². The number of benzene rings is 2. The number of nitrogens with zero attached hydrogens (tertiary/aromatic N) is 1. The molecule has 0 atom stereocenters. The van der Waals surface area contributed by atoms with E-state index < -0.39 is 0 Å². The van der Waals surface area contributed by atoms with Gasteiger partial charge in [0.1, 0.15) is 5.75 Å². The Bertz CT molecular complexity index is 604. The topological polar surface area (TPSA) is 29.5 Å². The second kappa shape index (κ2) is 2.98. The number of hydrogen-bond donors (Lipinski definition) is 0. The van der Waals surface area contributed by atoms with Gasteiger partial charge in [0.25, 0.3) is 5.91 Å². The first-order chi connectivity index (χ1) is 7.74. The average Bonchev–Trinajstić information content (AvgIpc) is 2.57. The maximum Gasteiger partial charge on any atom is 0.258 e. The largest absolute Gasteiger partial charge is 0.496 e. The van der Waals surface area contributed by atoms with E-state index in [4.69, 9.17) is 4.74 Å². The molecule has 0 aromatic heterocycles. The minimum absolute atomic E-state index is 0.0499. The summed E-state index contributed by atoms with van der Waals surface area (Å²) < 4.78 is 5.31. The van der Waals surface area contributed by atoms with Gasteiger partial charge in [-0.15, -0.1) is 0 Å². The van der Waals surface area contributed by atoms with Gasteiger partial charge in [-0.3, -0.25) is 4.79 Å². The third-order valence-electron chi connectivity index (χ3n) is 3.09. The van der Waals surface area contributed by atoms with Gasteiger partial charge >= 0.3 is 0 Å². The summed E-state index contributed by atoms with van der Waals surface area (Å²) in [7, 11) is 3.44. The van der Waals surface area contributed by atoms with Crippen molar-refractivity contribution in [2.45, 2.75) is 0 Å². The molecule has 1 heterocycles. The molecule has 3 rings (SSSR count). The summed E-state index contributed by atoms with van der Waals surface area (Å²) in [5, 5.41) is 1.99. The predicted molar refractivity (Wildman–Crippen MR) is 63.2 cm³/mol. The summed E-state index contributed by atoms with van der Waals surface area (Å²) in [6.45, 7) is 0. The van der Waals surface area contributed by atoms with Crippen molar-refractivity contribution >= 4 is 22.4 Å². The van der Waals surface area contributed by atoms with Crippen molar-refractivity contribution in [3.05, 3.63) is 35.9 Å². The summed E-state index contributed by atoms with van der Waals surface area (Å²) >= 11 is 0. The molecule has 1 amide bonds. The fraction of sp³-hybridized carbons (Fsp3) is 0.154. The predicted octanol–water partition coefficient (Wildman–Crippen LogP) is 2.44. The normalized spacial score (nSPS) is 13.6. The van der Waals surface area contributed by atoms with Crippen molar-refractivity contribution in [2.75, 3.05) is 19.1 Å². The lowest BCUT2D eigenvalue weighted by Gasteiger charge is -2.10. The van der Waals surface area contributed by atoms with Crippen LogP contribution in [0.15, 0.2) is 30.3 Å². The Labute approximate surface area is 93.2 Å². The molecule has 3 nitrogen and oxygen atoms in total. The van der Waals surface area contributed by atoms with Gasteiger partial charge in [-0.2, -0.15) is 0 Å². The molecule has 16 heavy (non-hydrogen) atoms. The molecular weight excluding hydrogens is 202 g/mol. The molecule has 2 aromatic carbocycles. The maximum absolute atomic E-state index is 12.0. The Morgan fingerprint density at radius 2 is 2.00 bits per heavy atom. The highest BCUT2D eigenvalue weighted by molar-refractivity contribution is 6.25. The van der Waals surface area contributed by atoms with Crippen molar-refractivity contribution in [1.29, 1.82) is 0 Å². The fourth-order valence-electron chi connectivity index (χ4n) is 2.29. The quantitative estimate of drug-likeness (QED) is 0.728. The molecule has 0 aliphatic carbocycles. The lowest BCUT2D eigenvalue weighted by molar-refractivity contribution is 0.0999. The molecule has 0 N–H and O–H groups in total. The Balaban J connectivity index is 2.49. The average molecular weight is 213 g/mol. The number of hydrogen-bond acceptors (Lipinski definition) is 2. The molecule has 0 saturated heterocycles. The summed E-state index contributed by atoms with van der Waals surface area (Å²) in [5.74, 6) is 0.859. The molecule has 0 unspecified atom stereocenters. The van der Waals surface area contributed by atoms with Crippen molar-refractivity contribution in [2.24, 2.45) is 0 Å². The van der Waals surface area contributed by atoms with E-state index in [9.17, 15) is 4.79 Å². The number of carbonyl (C=O) groups is 1. The number of anilines is 1. The highest BCUT2D eigenvalue weighted by Gasteiger charge is 2.27. The van der Waals surface area contributed by atoms with Crippen LogP contribution in [0.25, 0.3) is 10.8 Å². The van der Waals surface area contributed by atoms with Crippen LogP contribution in [0.3, 0.4) is 0 Å². The molecule has 80 valence electrons. The first kappa shape index (κ1) is 9.21. The van der Waals surface area contributed by atoms with Crippen LogP contribution in [0.2, 0.25) is 0 Å². The number of amides is 1. The van der Waals surface area contributed by atoms with E-state index in [2.05, 4.69) is 0 Å². The lowest BCUT2D eigenvalue weighted by atomic mass is 10.0. The summed E-state index contributed by atoms with van der Waals surface area (Å²) in [5.41, 5.74) is 1.71. The zero-order valence-electron chi connectivity index (χ0n) is 9.15. The number of carbonyl (C=O) groups excluding carboxylic acids is 1. The summed E-state index contributed by atoms with van der Waals surface area (Å²) in [6.07, 6.45) is 0. The van der Waals surface area contributed by atoms with Gasteiger partial charge in [0.05, 0.1) is 12.8 Å². The van der Waals surface area contributed by atoms with Crippen molar-refractivity contribution in [1.82, 2.24) is 0 Å². The summed E-state index contributed by atoms with van der Waals surface area (Å²) in [6, 6.07) is 9.55. The molecule has 0 spiro atoms. The Kier molecular flexibility index (Phi) is 1.72. The van der Waals surface area contributed by atoms with Crippen LogP contribution in [-0.4, -0.2) is 20.1 Å². The molecule has 0 saturated carbocycles. The zero-order valence-corrected chi connectivity index (χ0v) is 9.15. The monoisotopic (exact) mass is 213 g/mol. The van der Waals surface area contributed by atoms with E-state index in [0.717, 1.165) is 27.8 Å². The van der Waals surface area contributed by atoms with E-state index in [-0.39, 0.29) is 5.91 Å². The Hall–Kier alpha value is -2.03. The first-order valence-corrected chi connectivity index (χ1v) is 5.12. The third kappa shape index (κ3) is 0.949. The third-order valence-corrected chi connectivity index (χ3v) is 3.09. The van der Waals surface area contributed by atoms with Gasteiger partial charge in [0, 0.05) is 23.4 Å². The van der Waals surface area contributed by atoms with Crippen LogP contribution in [0.5, 0.6) is 5.75 Å². The van der Waals surface area contributed by atoms with Crippen LogP contribution in [0, 0.1) is 0 Å². The van der Waals surface area contributed by atoms with Gasteiger partial charge in [-0.25, -0.2) is 0 Å². The van der Waals surface area contributed by atoms with E-state index in [1.165, 1.54) is 0 Å². The molecule has 3 heteroatoms. The van der Waals surface area contributed by atoms with E-state index in [0.29, 0.717) is 0 Å². The van der Waals surface area contributed by atoms with Gasteiger partial charge < -0.3 is 9.64 Å². The van der Waals surface area contributed by atoms with E-state index in [1.54, 1.807) is 19.1 Å². The minimum Gasteiger partial charge on any atom is -0.496 e. The highest BCUT2D eigenvalue weighted by atomic mass is 16.5. The smallest absolute Gasteiger partial charge is 0.258 e. The Morgan fingerprint density at radius 1 is 1.19 bits per heavy atom. The van der Waals surface area contributed by atoms with E-state index >= 15 is 0 Å².